The van der Waals surface area contributed by atoms with E-state index in [9.17, 15) is 0 Å². The standard InChI is InChI=1S/C13H16BrN.C13H18N2.2CO2.HNO2.Na/c2*1-2-15-11-5-6-13(15)12-8-10(14)4-3-9(12)7-11;3*2-1-3;/h3-4,8,11,13H,2,5-7H2,1H3;3-4,8,11,13H,2,5-7,14H2,1H3;;;(H,2,3);/q;;;;;+1/p-1. The van der Waals surface area contributed by atoms with Crippen molar-refractivity contribution in [3.05, 3.63) is 73.2 Å². The zero-order chi connectivity index (χ0) is 28.9. The number of nitrogens with two attached hydrogens (primary N) is 1. The Labute approximate surface area is 265 Å². The molecule has 0 aliphatic carbocycles. The monoisotopic (exact) mass is 624 g/mol. The Kier molecular flexibility index (Phi) is 16.4. The average molecular weight is 625 g/mol. The molecular formula is C28H34BrN4NaO6. The molecule has 0 amide bonds. The summed E-state index contributed by atoms with van der Waals surface area (Å²) in [5, 5.41) is 9.00. The number of carbonyl (C=O) groups excluding carboxylic acids is 4. The van der Waals surface area contributed by atoms with Gasteiger partial charge in [0.1, 0.15) is 0 Å². The van der Waals surface area contributed by atoms with E-state index in [1.807, 2.05) is 6.07 Å². The van der Waals surface area contributed by atoms with Gasteiger partial charge in [-0.2, -0.15) is 19.2 Å². The molecule has 4 aliphatic heterocycles. The van der Waals surface area contributed by atoms with Crippen molar-refractivity contribution >= 4 is 33.9 Å². The number of fused-ring (bicyclic) bond motifs is 8. The second-order valence-corrected chi connectivity index (χ2v) is 10.5. The summed E-state index contributed by atoms with van der Waals surface area (Å²) >= 11 is 3.58. The van der Waals surface area contributed by atoms with Crippen LogP contribution in [-0.4, -0.2) is 47.3 Å². The van der Waals surface area contributed by atoms with Crippen molar-refractivity contribution in [3.8, 4) is 0 Å². The number of halogens is 1. The Morgan fingerprint density at radius 2 is 1.25 bits per heavy atom. The van der Waals surface area contributed by atoms with Crippen molar-refractivity contribution < 1.29 is 48.7 Å². The molecule has 4 atom stereocenters. The number of anilines is 1. The molecule has 12 heteroatoms. The van der Waals surface area contributed by atoms with E-state index in [-0.39, 0.29) is 41.9 Å². The summed E-state index contributed by atoms with van der Waals surface area (Å²) in [6.45, 7) is 6.92. The van der Waals surface area contributed by atoms with E-state index in [0.29, 0.717) is 12.1 Å². The first-order chi connectivity index (χ1) is 18.8. The fraction of sp³-hybridized carbons (Fsp3) is 0.500. The molecule has 2 aromatic carbocycles. The fourth-order valence-corrected chi connectivity index (χ4v) is 6.99. The first-order valence-corrected chi connectivity index (χ1v) is 13.7. The number of nitrogen functional groups attached to an aromatic ring is 1. The average Bonchev–Trinajstić information content (AvgIpc) is 3.40. The van der Waals surface area contributed by atoms with Gasteiger partial charge in [0.15, 0.2) is 0 Å². The third-order valence-corrected chi connectivity index (χ3v) is 8.42. The van der Waals surface area contributed by atoms with Crippen molar-refractivity contribution in [2.45, 2.75) is 76.5 Å². The predicted octanol–water partition coefficient (Wildman–Crippen LogP) is 1.97. The van der Waals surface area contributed by atoms with Crippen LogP contribution in [-0.2, 0) is 32.0 Å². The minimum atomic E-state index is 0. The van der Waals surface area contributed by atoms with E-state index < -0.39 is 0 Å². The summed E-state index contributed by atoms with van der Waals surface area (Å²) in [7, 11) is 0. The summed E-state index contributed by atoms with van der Waals surface area (Å²) in [4.78, 5) is 45.8. The number of likely N-dealkylation sites (N-methyl/N-ethyl adjacent to an activating group) is 2. The van der Waals surface area contributed by atoms with Crippen molar-refractivity contribution in [1.82, 2.24) is 9.80 Å². The summed E-state index contributed by atoms with van der Waals surface area (Å²) in [5.74, 6) is 0. The quantitative estimate of drug-likeness (QED) is 0.229. The van der Waals surface area contributed by atoms with E-state index in [2.05, 4.69) is 69.9 Å². The molecule has 0 spiro atoms. The molecule has 0 saturated carbocycles. The van der Waals surface area contributed by atoms with E-state index >= 15 is 0 Å². The van der Waals surface area contributed by atoms with Gasteiger partial charge in [-0.3, -0.25) is 9.80 Å². The van der Waals surface area contributed by atoms with Crippen LogP contribution in [0.5, 0.6) is 0 Å². The molecule has 0 radical (unpaired) electrons. The first kappa shape index (κ1) is 35.8. The molecule has 0 aromatic heterocycles. The second kappa shape index (κ2) is 18.3. The van der Waals surface area contributed by atoms with Crippen LogP contribution in [0.2, 0.25) is 0 Å². The second-order valence-electron chi connectivity index (χ2n) is 9.61. The molecule has 4 heterocycles. The summed E-state index contributed by atoms with van der Waals surface area (Å²) in [6, 6.07) is 16.2. The summed E-state index contributed by atoms with van der Waals surface area (Å²) in [5.41, 5.74) is 13.0. The Balaban J connectivity index is 0.000000304. The molecule has 10 nitrogen and oxygen atoms in total. The fourth-order valence-electron chi connectivity index (χ4n) is 6.62. The smallest absolute Gasteiger partial charge is 0.444 e. The zero-order valence-electron chi connectivity index (χ0n) is 23.2. The van der Waals surface area contributed by atoms with Crippen LogP contribution in [0.4, 0.5) is 5.69 Å². The SMILES string of the molecule is CCN1C2CCC1c1cc(Br)ccc1C2.CCN1C2CCC1c1cc(N)ccc1C2.O=C=O.O=C=O.O=N[O-].[Na+]. The maximum Gasteiger partial charge on any atom is 1.00 e. The molecule has 4 bridgehead atoms. The molecule has 210 valence electrons. The van der Waals surface area contributed by atoms with Crippen LogP contribution < -0.4 is 35.3 Å². The number of rotatable bonds is 2. The van der Waals surface area contributed by atoms with E-state index in [0.717, 1.165) is 23.1 Å². The molecule has 4 unspecified atom stereocenters. The van der Waals surface area contributed by atoms with Gasteiger partial charge in [-0.05, 0) is 98.1 Å². The summed E-state index contributed by atoms with van der Waals surface area (Å²) in [6.07, 6.45) is 8.38. The number of hydrogen-bond donors (Lipinski definition) is 1. The van der Waals surface area contributed by atoms with E-state index in [4.69, 9.17) is 35.0 Å². The normalized spacial score (nSPS) is 22.6. The Bertz CT molecular complexity index is 1090. The largest absolute Gasteiger partial charge is 1.00 e. The first-order valence-electron chi connectivity index (χ1n) is 12.9. The molecule has 2 N–H and O–H groups in total. The molecule has 2 saturated heterocycles. The number of hydrogen-bond acceptors (Lipinski definition) is 10. The molecule has 2 aromatic rings. The molecule has 2 fully saturated rings. The Morgan fingerprint density at radius 3 is 1.68 bits per heavy atom. The van der Waals surface area contributed by atoms with E-state index in [1.165, 1.54) is 67.2 Å². The van der Waals surface area contributed by atoms with Gasteiger partial charge >= 0.3 is 41.9 Å². The van der Waals surface area contributed by atoms with Gasteiger partial charge in [0.2, 0.25) is 0 Å². The van der Waals surface area contributed by atoms with Crippen molar-refractivity contribution in [3.63, 3.8) is 0 Å². The Morgan fingerprint density at radius 1 is 0.850 bits per heavy atom. The van der Waals surface area contributed by atoms with Crippen LogP contribution in [0.1, 0.15) is 73.9 Å². The third kappa shape index (κ3) is 8.90. The Hall–Kier alpha value is -2.20. The van der Waals surface area contributed by atoms with Crippen LogP contribution >= 0.6 is 15.9 Å². The number of benzene rings is 2. The van der Waals surface area contributed by atoms with Gasteiger partial charge in [0.05, 0.1) is 0 Å². The zero-order valence-corrected chi connectivity index (χ0v) is 26.8. The van der Waals surface area contributed by atoms with Gasteiger partial charge in [0.25, 0.3) is 0 Å². The van der Waals surface area contributed by atoms with Crippen LogP contribution in [0.25, 0.3) is 0 Å². The topological polar surface area (TPSA) is 153 Å². The minimum absolute atomic E-state index is 0. The van der Waals surface area contributed by atoms with Crippen molar-refractivity contribution in [2.24, 2.45) is 5.34 Å². The molecular weight excluding hydrogens is 591 g/mol. The maximum absolute atomic E-state index is 8.12. The minimum Gasteiger partial charge on any atom is -0.444 e. The van der Waals surface area contributed by atoms with Gasteiger partial charge in [0, 0.05) is 34.3 Å². The van der Waals surface area contributed by atoms with Crippen molar-refractivity contribution in [2.75, 3.05) is 18.8 Å². The molecule has 40 heavy (non-hydrogen) atoms. The molecule has 4 aliphatic rings. The third-order valence-electron chi connectivity index (χ3n) is 7.92. The predicted molar refractivity (Wildman–Crippen MR) is 148 cm³/mol. The van der Waals surface area contributed by atoms with Gasteiger partial charge in [-0.25, -0.2) is 0 Å². The van der Waals surface area contributed by atoms with Crippen LogP contribution in [0.3, 0.4) is 0 Å². The number of nitrogens with zero attached hydrogens (tertiary/aromatic N) is 3. The van der Waals surface area contributed by atoms with E-state index in [1.54, 1.807) is 11.1 Å². The summed E-state index contributed by atoms with van der Waals surface area (Å²) < 4.78 is 1.22. The van der Waals surface area contributed by atoms with Gasteiger partial charge < -0.3 is 15.8 Å². The van der Waals surface area contributed by atoms with Gasteiger partial charge in [-0.1, -0.05) is 41.9 Å². The van der Waals surface area contributed by atoms with Crippen LogP contribution in [0, 0.1) is 10.1 Å². The van der Waals surface area contributed by atoms with Crippen LogP contribution in [0.15, 0.2) is 46.2 Å². The van der Waals surface area contributed by atoms with Gasteiger partial charge in [-0.15, -0.1) is 5.34 Å². The molecule has 6 rings (SSSR count). The maximum atomic E-state index is 8.12. The van der Waals surface area contributed by atoms with Crippen molar-refractivity contribution in [1.29, 1.82) is 0 Å².